The lowest BCUT2D eigenvalue weighted by atomic mass is 9.77. The van der Waals surface area contributed by atoms with Crippen molar-refractivity contribution < 1.29 is 0 Å². The SMILES string of the molecule is CCC1CCC1NC1CCSC1. The van der Waals surface area contributed by atoms with Crippen LogP contribution in [0.5, 0.6) is 0 Å². The standard InChI is InChI=1S/C10H19NS/c1-2-8-3-4-10(8)11-9-5-6-12-7-9/h8-11H,2-7H2,1H3. The Labute approximate surface area is 79.7 Å². The van der Waals surface area contributed by atoms with Gasteiger partial charge in [-0.15, -0.1) is 0 Å². The Balaban J connectivity index is 1.71. The molecule has 3 atom stereocenters. The summed E-state index contributed by atoms with van der Waals surface area (Å²) >= 11 is 2.11. The summed E-state index contributed by atoms with van der Waals surface area (Å²) in [5.41, 5.74) is 0. The Morgan fingerprint density at radius 3 is 2.75 bits per heavy atom. The molecule has 3 unspecified atom stereocenters. The molecule has 0 aromatic heterocycles. The number of hydrogen-bond donors (Lipinski definition) is 1. The number of rotatable bonds is 3. The summed E-state index contributed by atoms with van der Waals surface area (Å²) in [7, 11) is 0. The zero-order valence-electron chi connectivity index (χ0n) is 7.88. The molecule has 0 aromatic carbocycles. The summed E-state index contributed by atoms with van der Waals surface area (Å²) in [6.45, 7) is 2.32. The fourth-order valence-corrected chi connectivity index (χ4v) is 3.41. The molecule has 1 heterocycles. The van der Waals surface area contributed by atoms with E-state index >= 15 is 0 Å². The van der Waals surface area contributed by atoms with Gasteiger partial charge in [0.2, 0.25) is 0 Å². The molecule has 12 heavy (non-hydrogen) atoms. The molecule has 70 valence electrons. The minimum atomic E-state index is 0.842. The molecule has 2 rings (SSSR count). The molecule has 0 radical (unpaired) electrons. The molecular formula is C10H19NS. The molecule has 1 nitrogen and oxygen atoms in total. The second-order valence-electron chi connectivity index (χ2n) is 4.08. The van der Waals surface area contributed by atoms with Gasteiger partial charge in [0, 0.05) is 17.8 Å². The summed E-state index contributed by atoms with van der Waals surface area (Å²) in [5.74, 6) is 3.73. The first-order valence-corrected chi connectivity index (χ1v) is 6.39. The third-order valence-electron chi connectivity index (χ3n) is 3.32. The highest BCUT2D eigenvalue weighted by Gasteiger charge is 2.31. The fourth-order valence-electron chi connectivity index (χ4n) is 2.25. The van der Waals surface area contributed by atoms with Crippen LogP contribution >= 0.6 is 11.8 Å². The number of nitrogens with one attached hydrogen (secondary N) is 1. The highest BCUT2D eigenvalue weighted by Crippen LogP contribution is 2.31. The number of hydrogen-bond acceptors (Lipinski definition) is 2. The lowest BCUT2D eigenvalue weighted by Crippen LogP contribution is -2.48. The Morgan fingerprint density at radius 1 is 1.33 bits per heavy atom. The predicted molar refractivity (Wildman–Crippen MR) is 55.7 cm³/mol. The molecular weight excluding hydrogens is 166 g/mol. The Kier molecular flexibility index (Phi) is 2.97. The second kappa shape index (κ2) is 4.01. The van der Waals surface area contributed by atoms with E-state index in [1.54, 1.807) is 0 Å². The van der Waals surface area contributed by atoms with Crippen molar-refractivity contribution in [1.82, 2.24) is 5.32 Å². The fraction of sp³-hybridized carbons (Fsp3) is 1.00. The van der Waals surface area contributed by atoms with Gasteiger partial charge in [-0.3, -0.25) is 0 Å². The molecule has 2 fully saturated rings. The van der Waals surface area contributed by atoms with E-state index in [1.165, 1.54) is 37.2 Å². The third kappa shape index (κ3) is 1.80. The molecule has 2 aliphatic rings. The average molecular weight is 185 g/mol. The monoisotopic (exact) mass is 185 g/mol. The quantitative estimate of drug-likeness (QED) is 0.724. The van der Waals surface area contributed by atoms with Crippen LogP contribution in [0.3, 0.4) is 0 Å². The molecule has 1 saturated carbocycles. The van der Waals surface area contributed by atoms with E-state index in [0.29, 0.717) is 0 Å². The van der Waals surface area contributed by atoms with Crippen LogP contribution < -0.4 is 5.32 Å². The highest BCUT2D eigenvalue weighted by atomic mass is 32.2. The van der Waals surface area contributed by atoms with E-state index in [9.17, 15) is 0 Å². The molecule has 1 N–H and O–H groups in total. The molecule has 0 spiro atoms. The summed E-state index contributed by atoms with van der Waals surface area (Å²) in [6, 6.07) is 1.72. The van der Waals surface area contributed by atoms with E-state index < -0.39 is 0 Å². The second-order valence-corrected chi connectivity index (χ2v) is 5.23. The summed E-state index contributed by atoms with van der Waals surface area (Å²) in [4.78, 5) is 0. The van der Waals surface area contributed by atoms with Crippen molar-refractivity contribution in [2.45, 2.75) is 44.7 Å². The maximum Gasteiger partial charge on any atom is 0.0168 e. The van der Waals surface area contributed by atoms with Crippen LogP contribution in [-0.4, -0.2) is 23.6 Å². The van der Waals surface area contributed by atoms with E-state index in [2.05, 4.69) is 24.0 Å². The summed E-state index contributed by atoms with van der Waals surface area (Å²) < 4.78 is 0. The minimum Gasteiger partial charge on any atom is -0.310 e. The minimum absolute atomic E-state index is 0.842. The highest BCUT2D eigenvalue weighted by molar-refractivity contribution is 7.99. The average Bonchev–Trinajstić information content (AvgIpc) is 2.51. The first kappa shape index (κ1) is 8.89. The van der Waals surface area contributed by atoms with Crippen molar-refractivity contribution in [3.63, 3.8) is 0 Å². The van der Waals surface area contributed by atoms with Gasteiger partial charge in [-0.05, 0) is 30.9 Å². The third-order valence-corrected chi connectivity index (χ3v) is 4.48. The van der Waals surface area contributed by atoms with Crippen LogP contribution in [0, 0.1) is 5.92 Å². The topological polar surface area (TPSA) is 12.0 Å². The predicted octanol–water partition coefficient (Wildman–Crippen LogP) is 2.27. The van der Waals surface area contributed by atoms with Gasteiger partial charge in [-0.25, -0.2) is 0 Å². The Morgan fingerprint density at radius 2 is 2.25 bits per heavy atom. The zero-order chi connectivity index (χ0) is 8.39. The van der Waals surface area contributed by atoms with Crippen LogP contribution in [0.4, 0.5) is 0 Å². The van der Waals surface area contributed by atoms with Crippen LogP contribution in [0.1, 0.15) is 32.6 Å². The van der Waals surface area contributed by atoms with Gasteiger partial charge >= 0.3 is 0 Å². The summed E-state index contributed by atoms with van der Waals surface area (Å²) in [6.07, 6.45) is 5.67. The van der Waals surface area contributed by atoms with Gasteiger partial charge < -0.3 is 5.32 Å². The smallest absolute Gasteiger partial charge is 0.0168 e. The van der Waals surface area contributed by atoms with Crippen molar-refractivity contribution >= 4 is 11.8 Å². The molecule has 1 aliphatic heterocycles. The maximum atomic E-state index is 3.80. The van der Waals surface area contributed by atoms with E-state index in [-0.39, 0.29) is 0 Å². The van der Waals surface area contributed by atoms with Crippen molar-refractivity contribution in [3.05, 3.63) is 0 Å². The van der Waals surface area contributed by atoms with Gasteiger partial charge in [0.05, 0.1) is 0 Å². The van der Waals surface area contributed by atoms with Gasteiger partial charge in [0.25, 0.3) is 0 Å². The van der Waals surface area contributed by atoms with Gasteiger partial charge in [0.1, 0.15) is 0 Å². The molecule has 1 aliphatic carbocycles. The van der Waals surface area contributed by atoms with Gasteiger partial charge in [-0.2, -0.15) is 11.8 Å². The maximum absolute atomic E-state index is 3.80. The van der Waals surface area contributed by atoms with Crippen LogP contribution in [-0.2, 0) is 0 Å². The lowest BCUT2D eigenvalue weighted by Gasteiger charge is -2.38. The van der Waals surface area contributed by atoms with Crippen molar-refractivity contribution in [2.24, 2.45) is 5.92 Å². The molecule has 2 heteroatoms. The van der Waals surface area contributed by atoms with Crippen molar-refractivity contribution in [3.8, 4) is 0 Å². The Bertz CT molecular complexity index is 141. The van der Waals surface area contributed by atoms with E-state index in [1.807, 2.05) is 0 Å². The molecule has 1 saturated heterocycles. The van der Waals surface area contributed by atoms with Crippen molar-refractivity contribution in [2.75, 3.05) is 11.5 Å². The van der Waals surface area contributed by atoms with Gasteiger partial charge in [0.15, 0.2) is 0 Å². The molecule has 0 bridgehead atoms. The first-order valence-electron chi connectivity index (χ1n) is 5.24. The lowest BCUT2D eigenvalue weighted by molar-refractivity contribution is 0.190. The van der Waals surface area contributed by atoms with Crippen LogP contribution in [0.25, 0.3) is 0 Å². The largest absolute Gasteiger partial charge is 0.310 e. The number of thioether (sulfide) groups is 1. The van der Waals surface area contributed by atoms with Gasteiger partial charge in [-0.1, -0.05) is 13.3 Å². The van der Waals surface area contributed by atoms with Crippen LogP contribution in [0.2, 0.25) is 0 Å². The normalized spacial score (nSPS) is 41.2. The van der Waals surface area contributed by atoms with E-state index in [4.69, 9.17) is 0 Å². The first-order chi connectivity index (χ1) is 5.90. The zero-order valence-corrected chi connectivity index (χ0v) is 8.70. The molecule has 0 amide bonds. The van der Waals surface area contributed by atoms with Crippen molar-refractivity contribution in [1.29, 1.82) is 0 Å². The van der Waals surface area contributed by atoms with E-state index in [0.717, 1.165) is 18.0 Å². The Hall–Kier alpha value is 0.310. The molecule has 0 aromatic rings. The summed E-state index contributed by atoms with van der Waals surface area (Å²) in [5, 5.41) is 3.80. The van der Waals surface area contributed by atoms with Crippen LogP contribution in [0.15, 0.2) is 0 Å².